The monoisotopic (exact) mass is 181 g/mol. The van der Waals surface area contributed by atoms with E-state index < -0.39 is 0 Å². The Kier molecular flexibility index (Phi) is 2.52. The molecule has 1 saturated carbocycles. The maximum atomic E-state index is 10.8. The lowest BCUT2D eigenvalue weighted by atomic mass is 9.95. The number of carbonyl (C=O) groups excluding carboxylic acids is 1. The van der Waals surface area contributed by atoms with Gasteiger partial charge in [0.15, 0.2) is 0 Å². The Labute approximate surface area is 78.1 Å². The van der Waals surface area contributed by atoms with Gasteiger partial charge in [-0.2, -0.15) is 0 Å². The summed E-state index contributed by atoms with van der Waals surface area (Å²) in [7, 11) is 0. The summed E-state index contributed by atoms with van der Waals surface area (Å²) in [6, 6.07) is 0.564. The third-order valence-electron chi connectivity index (χ3n) is 2.66. The number of carbonyl (C=O) groups is 1. The standard InChI is InChI=1S/C10H15NO2/c12-10-6-9(7-13-10)11-8-4-2-1-3-5-8/h6,8,11H,1-5,7H2. The zero-order chi connectivity index (χ0) is 9.10. The van der Waals surface area contributed by atoms with Crippen molar-refractivity contribution in [3.05, 3.63) is 11.8 Å². The minimum Gasteiger partial charge on any atom is -0.456 e. The molecule has 0 aromatic carbocycles. The summed E-state index contributed by atoms with van der Waals surface area (Å²) >= 11 is 0. The molecule has 0 aromatic rings. The van der Waals surface area contributed by atoms with Crippen molar-refractivity contribution in [2.24, 2.45) is 0 Å². The van der Waals surface area contributed by atoms with E-state index in [0.29, 0.717) is 12.6 Å². The number of esters is 1. The Balaban J connectivity index is 1.83. The first-order chi connectivity index (χ1) is 6.34. The van der Waals surface area contributed by atoms with E-state index in [1.54, 1.807) is 6.08 Å². The number of nitrogens with one attached hydrogen (secondary N) is 1. The summed E-state index contributed by atoms with van der Waals surface area (Å²) in [6.07, 6.45) is 7.98. The lowest BCUT2D eigenvalue weighted by Crippen LogP contribution is -2.30. The van der Waals surface area contributed by atoms with Gasteiger partial charge in [0.25, 0.3) is 0 Å². The van der Waals surface area contributed by atoms with E-state index in [1.807, 2.05) is 0 Å². The Bertz CT molecular complexity index is 229. The Hall–Kier alpha value is -0.990. The maximum absolute atomic E-state index is 10.8. The van der Waals surface area contributed by atoms with Gasteiger partial charge in [-0.3, -0.25) is 0 Å². The Morgan fingerprint density at radius 2 is 2.08 bits per heavy atom. The molecular weight excluding hydrogens is 166 g/mol. The van der Waals surface area contributed by atoms with Crippen LogP contribution in [0.2, 0.25) is 0 Å². The van der Waals surface area contributed by atoms with Crippen molar-refractivity contribution in [2.45, 2.75) is 38.1 Å². The average molecular weight is 181 g/mol. The van der Waals surface area contributed by atoms with Crippen LogP contribution in [0.3, 0.4) is 0 Å². The van der Waals surface area contributed by atoms with Crippen molar-refractivity contribution < 1.29 is 9.53 Å². The summed E-state index contributed by atoms with van der Waals surface area (Å²) in [5.74, 6) is -0.210. The summed E-state index contributed by atoms with van der Waals surface area (Å²) in [4.78, 5) is 10.8. The highest BCUT2D eigenvalue weighted by Crippen LogP contribution is 2.19. The molecule has 0 spiro atoms. The van der Waals surface area contributed by atoms with Crippen LogP contribution < -0.4 is 5.32 Å². The predicted octanol–water partition coefficient (Wildman–Crippen LogP) is 1.35. The van der Waals surface area contributed by atoms with Crippen molar-refractivity contribution >= 4 is 5.97 Å². The van der Waals surface area contributed by atoms with Crippen LogP contribution in [0.1, 0.15) is 32.1 Å². The Morgan fingerprint density at radius 3 is 2.69 bits per heavy atom. The SMILES string of the molecule is O=C1C=C(NC2CCCCC2)CO1. The van der Waals surface area contributed by atoms with Gasteiger partial charge >= 0.3 is 5.97 Å². The second-order valence-corrected chi connectivity index (χ2v) is 3.76. The van der Waals surface area contributed by atoms with Crippen LogP contribution in [0.15, 0.2) is 11.8 Å². The van der Waals surface area contributed by atoms with Gasteiger partial charge < -0.3 is 10.1 Å². The van der Waals surface area contributed by atoms with E-state index in [2.05, 4.69) is 5.32 Å². The maximum Gasteiger partial charge on any atom is 0.333 e. The summed E-state index contributed by atoms with van der Waals surface area (Å²) in [6.45, 7) is 0.440. The van der Waals surface area contributed by atoms with Gasteiger partial charge in [-0.05, 0) is 12.8 Å². The molecule has 0 amide bonds. The molecule has 1 N–H and O–H groups in total. The lowest BCUT2D eigenvalue weighted by molar-refractivity contribution is -0.134. The molecule has 1 aliphatic heterocycles. The van der Waals surface area contributed by atoms with E-state index in [4.69, 9.17) is 4.74 Å². The number of rotatable bonds is 2. The summed E-state index contributed by atoms with van der Waals surface area (Å²) < 4.78 is 4.81. The number of cyclic esters (lactones) is 1. The first-order valence-electron chi connectivity index (χ1n) is 4.98. The van der Waals surface area contributed by atoms with Crippen LogP contribution in [0.5, 0.6) is 0 Å². The first-order valence-corrected chi connectivity index (χ1v) is 4.98. The van der Waals surface area contributed by atoms with Gasteiger partial charge in [0.05, 0.1) is 5.70 Å². The third kappa shape index (κ3) is 2.23. The zero-order valence-electron chi connectivity index (χ0n) is 7.71. The Morgan fingerprint density at radius 1 is 1.31 bits per heavy atom. The fourth-order valence-electron chi connectivity index (χ4n) is 1.97. The van der Waals surface area contributed by atoms with Crippen molar-refractivity contribution in [3.63, 3.8) is 0 Å². The van der Waals surface area contributed by atoms with Gasteiger partial charge in [-0.1, -0.05) is 19.3 Å². The summed E-state index contributed by atoms with van der Waals surface area (Å²) in [5, 5.41) is 3.36. The van der Waals surface area contributed by atoms with Gasteiger partial charge in [-0.25, -0.2) is 4.79 Å². The second-order valence-electron chi connectivity index (χ2n) is 3.76. The van der Waals surface area contributed by atoms with E-state index in [9.17, 15) is 4.79 Å². The van der Waals surface area contributed by atoms with Crippen LogP contribution >= 0.6 is 0 Å². The third-order valence-corrected chi connectivity index (χ3v) is 2.66. The van der Waals surface area contributed by atoms with Crippen molar-refractivity contribution in [3.8, 4) is 0 Å². The second kappa shape index (κ2) is 3.81. The molecule has 2 rings (SSSR count). The van der Waals surface area contributed by atoms with E-state index in [-0.39, 0.29) is 5.97 Å². The van der Waals surface area contributed by atoms with Gasteiger partial charge in [0, 0.05) is 12.1 Å². The van der Waals surface area contributed by atoms with Crippen LogP contribution in [0.4, 0.5) is 0 Å². The number of hydrogen-bond donors (Lipinski definition) is 1. The van der Waals surface area contributed by atoms with Crippen molar-refractivity contribution in [1.82, 2.24) is 5.32 Å². The molecule has 2 aliphatic rings. The number of ether oxygens (including phenoxy) is 1. The molecule has 1 heterocycles. The molecule has 72 valence electrons. The molecule has 0 atom stereocenters. The highest BCUT2D eigenvalue weighted by Gasteiger charge is 2.18. The summed E-state index contributed by atoms with van der Waals surface area (Å²) in [5.41, 5.74) is 0.955. The fraction of sp³-hybridized carbons (Fsp3) is 0.700. The molecule has 1 fully saturated rings. The normalized spacial score (nSPS) is 24.0. The predicted molar refractivity (Wildman–Crippen MR) is 49.1 cm³/mol. The van der Waals surface area contributed by atoms with Crippen molar-refractivity contribution in [1.29, 1.82) is 0 Å². The molecule has 0 bridgehead atoms. The molecular formula is C10H15NO2. The topological polar surface area (TPSA) is 38.3 Å². The molecule has 1 aliphatic carbocycles. The molecule has 0 aromatic heterocycles. The molecule has 0 saturated heterocycles. The van der Waals surface area contributed by atoms with Gasteiger partial charge in [0.1, 0.15) is 6.61 Å². The first kappa shape index (κ1) is 8.60. The molecule has 3 nitrogen and oxygen atoms in total. The molecule has 0 unspecified atom stereocenters. The molecule has 0 radical (unpaired) electrons. The van der Waals surface area contributed by atoms with Crippen LogP contribution in [0.25, 0.3) is 0 Å². The van der Waals surface area contributed by atoms with E-state index in [1.165, 1.54) is 32.1 Å². The zero-order valence-corrected chi connectivity index (χ0v) is 7.71. The minimum atomic E-state index is -0.210. The average Bonchev–Trinajstić information content (AvgIpc) is 2.53. The number of hydrogen-bond acceptors (Lipinski definition) is 3. The smallest absolute Gasteiger partial charge is 0.333 e. The van der Waals surface area contributed by atoms with Gasteiger partial charge in [0.2, 0.25) is 0 Å². The van der Waals surface area contributed by atoms with Crippen molar-refractivity contribution in [2.75, 3.05) is 6.61 Å². The molecule has 3 heteroatoms. The molecule has 13 heavy (non-hydrogen) atoms. The van der Waals surface area contributed by atoms with Crippen LogP contribution in [0, 0.1) is 0 Å². The highest BCUT2D eigenvalue weighted by molar-refractivity contribution is 5.85. The fourth-order valence-corrected chi connectivity index (χ4v) is 1.97. The van der Waals surface area contributed by atoms with Crippen LogP contribution in [-0.4, -0.2) is 18.6 Å². The minimum absolute atomic E-state index is 0.210. The highest BCUT2D eigenvalue weighted by atomic mass is 16.5. The lowest BCUT2D eigenvalue weighted by Gasteiger charge is -2.23. The quantitative estimate of drug-likeness (QED) is 0.653. The largest absolute Gasteiger partial charge is 0.456 e. The van der Waals surface area contributed by atoms with Gasteiger partial charge in [-0.15, -0.1) is 0 Å². The van der Waals surface area contributed by atoms with E-state index >= 15 is 0 Å². The van der Waals surface area contributed by atoms with E-state index in [0.717, 1.165) is 5.70 Å². The van der Waals surface area contributed by atoms with Crippen LogP contribution in [-0.2, 0) is 9.53 Å².